The molecule has 0 radical (unpaired) electrons. The van der Waals surface area contributed by atoms with Crippen molar-refractivity contribution in [1.82, 2.24) is 25.1 Å². The van der Waals surface area contributed by atoms with Gasteiger partial charge in [0.2, 0.25) is 0 Å². The molecule has 2 aromatic heterocycles. The summed E-state index contributed by atoms with van der Waals surface area (Å²) in [4.78, 5) is 31.8. The second kappa shape index (κ2) is 5.69. The van der Waals surface area contributed by atoms with Crippen molar-refractivity contribution in [2.75, 3.05) is 6.54 Å². The van der Waals surface area contributed by atoms with Crippen molar-refractivity contribution < 1.29 is 9.59 Å². The van der Waals surface area contributed by atoms with E-state index in [0.29, 0.717) is 47.1 Å². The first-order valence-electron chi connectivity index (χ1n) is 7.50. The summed E-state index contributed by atoms with van der Waals surface area (Å²) in [6.45, 7) is 1.20. The largest absolute Gasteiger partial charge is 0.349 e. The Kier molecular flexibility index (Phi) is 3.38. The summed E-state index contributed by atoms with van der Waals surface area (Å²) in [5.41, 5.74) is 2.92. The first kappa shape index (κ1) is 14.3. The number of nitrogens with one attached hydrogen (secondary N) is 1. The van der Waals surface area contributed by atoms with E-state index in [1.165, 1.54) is 0 Å². The molecule has 0 fully saturated rings. The Balaban J connectivity index is 1.78. The summed E-state index contributed by atoms with van der Waals surface area (Å²) in [6, 6.07) is 10.6. The summed E-state index contributed by atoms with van der Waals surface area (Å²) in [7, 11) is 0. The van der Waals surface area contributed by atoms with Gasteiger partial charge in [0.15, 0.2) is 12.1 Å². The molecule has 1 N–H and O–H groups in total. The number of aldehydes is 1. The lowest BCUT2D eigenvalue weighted by molar-refractivity contribution is 0.0924. The lowest BCUT2D eigenvalue weighted by Crippen LogP contribution is -2.35. The van der Waals surface area contributed by atoms with Crippen LogP contribution in [-0.4, -0.2) is 38.5 Å². The number of carbonyl (C=O) groups excluding carboxylic acids is 2. The van der Waals surface area contributed by atoms with Crippen molar-refractivity contribution in [1.29, 1.82) is 0 Å². The highest BCUT2D eigenvalue weighted by Gasteiger charge is 2.20. The maximum Gasteiger partial charge on any atom is 0.269 e. The first-order valence-corrected chi connectivity index (χ1v) is 7.50. The molecule has 0 spiro atoms. The molecule has 0 saturated carbocycles. The maximum absolute atomic E-state index is 11.9. The first-order chi connectivity index (χ1) is 11.8. The monoisotopic (exact) mass is 319 g/mol. The Morgan fingerprint density at radius 2 is 2.04 bits per heavy atom. The maximum atomic E-state index is 11.9. The minimum atomic E-state index is -0.138. The van der Waals surface area contributed by atoms with Gasteiger partial charge < -0.3 is 5.32 Å². The summed E-state index contributed by atoms with van der Waals surface area (Å²) in [6.07, 6.45) is 2.41. The van der Waals surface area contributed by atoms with Crippen LogP contribution in [0.3, 0.4) is 0 Å². The number of fused-ring (bicyclic) bond motifs is 1. The minimum Gasteiger partial charge on any atom is -0.349 e. The molecular weight excluding hydrogens is 306 g/mol. The number of nitrogens with zero attached hydrogens (tertiary/aromatic N) is 4. The third-order valence-electron chi connectivity index (χ3n) is 3.87. The fourth-order valence-electron chi connectivity index (χ4n) is 2.70. The molecule has 0 atom stereocenters. The number of amides is 1. The van der Waals surface area contributed by atoms with Crippen LogP contribution in [0.4, 0.5) is 0 Å². The van der Waals surface area contributed by atoms with Crippen LogP contribution < -0.4 is 5.32 Å². The molecular formula is C17H13N5O2. The molecule has 1 amide bonds. The molecule has 1 aromatic carbocycles. The van der Waals surface area contributed by atoms with E-state index in [-0.39, 0.29) is 5.91 Å². The van der Waals surface area contributed by atoms with Crippen LogP contribution in [0.5, 0.6) is 0 Å². The van der Waals surface area contributed by atoms with E-state index >= 15 is 0 Å². The number of aromatic nitrogens is 4. The number of hydrogen-bond acceptors (Lipinski definition) is 5. The van der Waals surface area contributed by atoms with Gasteiger partial charge in [0.25, 0.3) is 5.91 Å². The second-order valence-electron chi connectivity index (χ2n) is 5.36. The van der Waals surface area contributed by atoms with Crippen molar-refractivity contribution >= 4 is 12.2 Å². The van der Waals surface area contributed by atoms with Crippen LogP contribution >= 0.6 is 0 Å². The molecule has 1 aliphatic heterocycles. The molecule has 3 heterocycles. The standard InChI is InChI=1S/C17H13N5O2/c23-10-11-3-1-2-4-12(11)16-18-6-5-13(20-16)14-9-15-17(24)19-7-8-22(15)21-14/h1-6,9-10H,7-8H2,(H,19,24). The topological polar surface area (TPSA) is 89.8 Å². The number of hydrogen-bond donors (Lipinski definition) is 1. The van der Waals surface area contributed by atoms with Crippen LogP contribution in [0.2, 0.25) is 0 Å². The molecule has 0 saturated heterocycles. The summed E-state index contributed by atoms with van der Waals surface area (Å²) < 4.78 is 1.68. The number of benzene rings is 1. The van der Waals surface area contributed by atoms with Gasteiger partial charge in [0.05, 0.1) is 12.2 Å². The molecule has 24 heavy (non-hydrogen) atoms. The lowest BCUT2D eigenvalue weighted by atomic mass is 10.1. The lowest BCUT2D eigenvalue weighted by Gasteiger charge is -2.13. The van der Waals surface area contributed by atoms with Crippen LogP contribution in [0.25, 0.3) is 22.8 Å². The SMILES string of the molecule is O=Cc1ccccc1-c1nccc(-c2cc3n(n2)CCNC3=O)n1. The molecule has 7 nitrogen and oxygen atoms in total. The Labute approximate surface area is 137 Å². The molecule has 3 aromatic rings. The van der Waals surface area contributed by atoms with Gasteiger partial charge >= 0.3 is 0 Å². The molecule has 0 bridgehead atoms. The predicted molar refractivity (Wildman–Crippen MR) is 86.4 cm³/mol. The smallest absolute Gasteiger partial charge is 0.269 e. The third kappa shape index (κ3) is 2.36. The van der Waals surface area contributed by atoms with Gasteiger partial charge in [-0.05, 0) is 12.1 Å². The van der Waals surface area contributed by atoms with E-state index in [0.717, 1.165) is 6.29 Å². The van der Waals surface area contributed by atoms with E-state index in [1.54, 1.807) is 41.2 Å². The van der Waals surface area contributed by atoms with Crippen LogP contribution in [0, 0.1) is 0 Å². The van der Waals surface area contributed by atoms with Gasteiger partial charge in [-0.1, -0.05) is 24.3 Å². The van der Waals surface area contributed by atoms with E-state index in [1.807, 2.05) is 6.07 Å². The van der Waals surface area contributed by atoms with Gasteiger partial charge in [-0.15, -0.1) is 0 Å². The summed E-state index contributed by atoms with van der Waals surface area (Å²) in [5.74, 6) is 0.311. The average Bonchev–Trinajstić information content (AvgIpc) is 3.08. The van der Waals surface area contributed by atoms with E-state index in [9.17, 15) is 9.59 Å². The zero-order valence-electron chi connectivity index (χ0n) is 12.6. The molecule has 4 rings (SSSR count). The summed E-state index contributed by atoms with van der Waals surface area (Å²) in [5, 5.41) is 7.23. The van der Waals surface area contributed by atoms with E-state index < -0.39 is 0 Å². The van der Waals surface area contributed by atoms with Crippen LogP contribution in [0.15, 0.2) is 42.6 Å². The van der Waals surface area contributed by atoms with E-state index in [2.05, 4.69) is 20.4 Å². The Hall–Kier alpha value is -3.35. The van der Waals surface area contributed by atoms with Gasteiger partial charge in [0, 0.05) is 23.9 Å². The molecule has 0 unspecified atom stereocenters. The van der Waals surface area contributed by atoms with Crippen molar-refractivity contribution in [2.24, 2.45) is 0 Å². The second-order valence-corrected chi connectivity index (χ2v) is 5.36. The van der Waals surface area contributed by atoms with Crippen molar-refractivity contribution in [3.05, 3.63) is 53.9 Å². The zero-order valence-corrected chi connectivity index (χ0v) is 12.6. The quantitative estimate of drug-likeness (QED) is 0.740. The fraction of sp³-hybridized carbons (Fsp3) is 0.118. The highest BCUT2D eigenvalue weighted by Crippen LogP contribution is 2.23. The summed E-state index contributed by atoms with van der Waals surface area (Å²) >= 11 is 0. The molecule has 118 valence electrons. The number of rotatable bonds is 3. The third-order valence-corrected chi connectivity index (χ3v) is 3.87. The minimum absolute atomic E-state index is 0.138. The normalized spacial score (nSPS) is 13.2. The Morgan fingerprint density at radius 1 is 1.17 bits per heavy atom. The van der Waals surface area contributed by atoms with Gasteiger partial charge in [-0.2, -0.15) is 5.10 Å². The van der Waals surface area contributed by atoms with E-state index in [4.69, 9.17) is 0 Å². The Bertz CT molecular complexity index is 948. The molecule has 7 heteroatoms. The van der Waals surface area contributed by atoms with Gasteiger partial charge in [-0.3, -0.25) is 14.3 Å². The van der Waals surface area contributed by atoms with Crippen LogP contribution in [0.1, 0.15) is 20.8 Å². The van der Waals surface area contributed by atoms with Gasteiger partial charge in [0.1, 0.15) is 11.4 Å². The Morgan fingerprint density at radius 3 is 2.88 bits per heavy atom. The van der Waals surface area contributed by atoms with Crippen molar-refractivity contribution in [3.8, 4) is 22.8 Å². The molecule has 0 aliphatic carbocycles. The highest BCUT2D eigenvalue weighted by molar-refractivity contribution is 5.94. The van der Waals surface area contributed by atoms with Crippen molar-refractivity contribution in [3.63, 3.8) is 0 Å². The van der Waals surface area contributed by atoms with Crippen molar-refractivity contribution in [2.45, 2.75) is 6.54 Å². The average molecular weight is 319 g/mol. The highest BCUT2D eigenvalue weighted by atomic mass is 16.2. The molecule has 1 aliphatic rings. The van der Waals surface area contributed by atoms with Crippen LogP contribution in [-0.2, 0) is 6.54 Å². The predicted octanol–water partition coefficient (Wildman–Crippen LogP) is 1.56. The number of carbonyl (C=O) groups is 2. The van der Waals surface area contributed by atoms with Gasteiger partial charge in [-0.25, -0.2) is 9.97 Å². The fourth-order valence-corrected chi connectivity index (χ4v) is 2.70. The zero-order chi connectivity index (χ0) is 16.5.